The standard InChI is InChI=1S/C27H39N5O4/c1-19(2)7-10-31-17-22(26(34)29-15-20(3)4)25(33)23(18-31)27(35)30-16-24(21-5-8-28-9-6-21)32-11-13-36-14-12-32/h5-6,8-9,17-20,24H,7,10-16H2,1-4H3,(H,29,34)(H,30,35). The highest BCUT2D eigenvalue weighted by Gasteiger charge is 2.25. The van der Waals surface area contributed by atoms with Gasteiger partial charge in [0.15, 0.2) is 0 Å². The summed E-state index contributed by atoms with van der Waals surface area (Å²) in [7, 11) is 0. The Kier molecular flexibility index (Phi) is 10.2. The average Bonchev–Trinajstić information content (AvgIpc) is 2.87. The number of nitrogens with one attached hydrogen (secondary N) is 2. The smallest absolute Gasteiger partial charge is 0.256 e. The van der Waals surface area contributed by atoms with Crippen LogP contribution in [0.25, 0.3) is 0 Å². The summed E-state index contributed by atoms with van der Waals surface area (Å²) in [5.74, 6) is -0.253. The molecule has 1 saturated heterocycles. The summed E-state index contributed by atoms with van der Waals surface area (Å²) >= 11 is 0. The maximum Gasteiger partial charge on any atom is 0.256 e. The number of carbonyl (C=O) groups is 2. The summed E-state index contributed by atoms with van der Waals surface area (Å²) in [4.78, 5) is 45.7. The Hall–Kier alpha value is -3.04. The van der Waals surface area contributed by atoms with Gasteiger partial charge in [-0.15, -0.1) is 0 Å². The van der Waals surface area contributed by atoms with Crippen molar-refractivity contribution in [2.75, 3.05) is 39.4 Å². The van der Waals surface area contributed by atoms with Crippen LogP contribution in [0.4, 0.5) is 0 Å². The van der Waals surface area contributed by atoms with Crippen LogP contribution in [0.15, 0.2) is 41.7 Å². The predicted molar refractivity (Wildman–Crippen MR) is 139 cm³/mol. The van der Waals surface area contributed by atoms with Crippen LogP contribution in [0.1, 0.15) is 66.4 Å². The Morgan fingerprint density at radius 3 is 2.08 bits per heavy atom. The Labute approximate surface area is 213 Å². The molecule has 2 N–H and O–H groups in total. The number of hydrogen-bond acceptors (Lipinski definition) is 6. The number of amides is 2. The van der Waals surface area contributed by atoms with E-state index >= 15 is 0 Å². The molecule has 196 valence electrons. The summed E-state index contributed by atoms with van der Waals surface area (Å²) < 4.78 is 7.28. The average molecular weight is 498 g/mol. The maximum atomic E-state index is 13.3. The molecule has 1 aliphatic heterocycles. The number of morpholine rings is 1. The third-order valence-corrected chi connectivity index (χ3v) is 6.24. The monoisotopic (exact) mass is 497 g/mol. The van der Waals surface area contributed by atoms with Crippen LogP contribution in [0.2, 0.25) is 0 Å². The van der Waals surface area contributed by atoms with Crippen molar-refractivity contribution in [1.29, 1.82) is 0 Å². The first-order valence-electron chi connectivity index (χ1n) is 12.8. The molecule has 1 aliphatic rings. The topological polar surface area (TPSA) is 106 Å². The number of aromatic nitrogens is 2. The van der Waals surface area contributed by atoms with Crippen molar-refractivity contribution in [3.63, 3.8) is 0 Å². The lowest BCUT2D eigenvalue weighted by atomic mass is 10.1. The van der Waals surface area contributed by atoms with Gasteiger partial charge in [-0.05, 0) is 36.0 Å². The van der Waals surface area contributed by atoms with E-state index in [2.05, 4.69) is 34.4 Å². The number of aryl methyl sites for hydroxylation is 1. The zero-order valence-electron chi connectivity index (χ0n) is 21.8. The minimum atomic E-state index is -0.554. The minimum Gasteiger partial charge on any atom is -0.379 e. The van der Waals surface area contributed by atoms with Gasteiger partial charge in [-0.2, -0.15) is 0 Å². The van der Waals surface area contributed by atoms with Gasteiger partial charge in [-0.3, -0.25) is 24.3 Å². The second-order valence-electron chi connectivity index (χ2n) is 10.1. The van der Waals surface area contributed by atoms with Crippen molar-refractivity contribution in [3.05, 3.63) is 63.8 Å². The van der Waals surface area contributed by atoms with E-state index in [1.165, 1.54) is 0 Å². The van der Waals surface area contributed by atoms with Gasteiger partial charge in [0.2, 0.25) is 5.43 Å². The van der Waals surface area contributed by atoms with Crippen molar-refractivity contribution in [2.45, 2.75) is 46.7 Å². The highest BCUT2D eigenvalue weighted by atomic mass is 16.5. The molecule has 1 atom stereocenters. The van der Waals surface area contributed by atoms with Gasteiger partial charge in [0.05, 0.1) is 19.3 Å². The minimum absolute atomic E-state index is 0.00841. The second-order valence-corrected chi connectivity index (χ2v) is 10.1. The fourth-order valence-corrected chi connectivity index (χ4v) is 4.10. The van der Waals surface area contributed by atoms with E-state index in [4.69, 9.17) is 4.74 Å². The normalized spacial score (nSPS) is 15.2. The largest absolute Gasteiger partial charge is 0.379 e. The molecule has 36 heavy (non-hydrogen) atoms. The van der Waals surface area contributed by atoms with E-state index in [-0.39, 0.29) is 23.1 Å². The zero-order valence-corrected chi connectivity index (χ0v) is 21.8. The number of carbonyl (C=O) groups excluding carboxylic acids is 2. The van der Waals surface area contributed by atoms with Gasteiger partial charge in [-0.25, -0.2) is 0 Å². The molecule has 2 amide bonds. The number of pyridine rings is 2. The van der Waals surface area contributed by atoms with E-state index < -0.39 is 17.2 Å². The van der Waals surface area contributed by atoms with Gasteiger partial charge >= 0.3 is 0 Å². The van der Waals surface area contributed by atoms with Crippen LogP contribution in [0.3, 0.4) is 0 Å². The highest BCUT2D eigenvalue weighted by molar-refractivity contribution is 5.99. The first-order chi connectivity index (χ1) is 17.3. The Bertz CT molecular complexity index is 1060. The van der Waals surface area contributed by atoms with Gasteiger partial charge in [0, 0.05) is 57.5 Å². The molecule has 0 spiro atoms. The summed E-state index contributed by atoms with van der Waals surface area (Å²) in [6.07, 6.45) is 7.45. The number of rotatable bonds is 11. The molecule has 9 nitrogen and oxygen atoms in total. The molecule has 2 aromatic heterocycles. The van der Waals surface area contributed by atoms with Crippen molar-refractivity contribution >= 4 is 11.8 Å². The van der Waals surface area contributed by atoms with Gasteiger partial charge in [-0.1, -0.05) is 27.7 Å². The van der Waals surface area contributed by atoms with Gasteiger partial charge in [0.1, 0.15) is 11.1 Å². The first-order valence-corrected chi connectivity index (χ1v) is 12.8. The van der Waals surface area contributed by atoms with Crippen LogP contribution in [-0.4, -0.2) is 65.7 Å². The maximum absolute atomic E-state index is 13.3. The second kappa shape index (κ2) is 13.3. The van der Waals surface area contributed by atoms with Crippen LogP contribution < -0.4 is 16.1 Å². The first kappa shape index (κ1) is 27.5. The molecule has 0 aliphatic carbocycles. The molecule has 2 aromatic rings. The molecule has 0 bridgehead atoms. The fourth-order valence-electron chi connectivity index (χ4n) is 4.10. The Balaban J connectivity index is 1.84. The quantitative estimate of drug-likeness (QED) is 0.494. The lowest BCUT2D eigenvalue weighted by molar-refractivity contribution is 0.0162. The van der Waals surface area contributed by atoms with E-state index in [1.54, 1.807) is 29.4 Å². The number of ether oxygens (including phenoxy) is 1. The van der Waals surface area contributed by atoms with E-state index in [0.717, 1.165) is 25.1 Å². The predicted octanol–water partition coefficient (Wildman–Crippen LogP) is 2.48. The molecular formula is C27H39N5O4. The molecule has 0 aromatic carbocycles. The van der Waals surface area contributed by atoms with Crippen molar-refractivity contribution < 1.29 is 14.3 Å². The molecule has 0 radical (unpaired) electrons. The van der Waals surface area contributed by atoms with Crippen molar-refractivity contribution in [1.82, 2.24) is 25.1 Å². The summed E-state index contributed by atoms with van der Waals surface area (Å²) in [5, 5.41) is 5.76. The molecule has 9 heteroatoms. The Morgan fingerprint density at radius 1 is 0.944 bits per heavy atom. The lowest BCUT2D eigenvalue weighted by Crippen LogP contribution is -2.44. The Morgan fingerprint density at radius 2 is 1.53 bits per heavy atom. The molecule has 0 saturated carbocycles. The van der Waals surface area contributed by atoms with Crippen molar-refractivity contribution in [2.24, 2.45) is 11.8 Å². The van der Waals surface area contributed by atoms with Crippen molar-refractivity contribution in [3.8, 4) is 0 Å². The van der Waals surface area contributed by atoms with Gasteiger partial charge in [0.25, 0.3) is 11.8 Å². The molecule has 3 rings (SSSR count). The SMILES string of the molecule is CC(C)CCn1cc(C(=O)NCC(C)C)c(=O)c(C(=O)NCC(c2ccncc2)N2CCOCC2)c1. The third-order valence-electron chi connectivity index (χ3n) is 6.24. The summed E-state index contributed by atoms with van der Waals surface area (Å²) in [6, 6.07) is 3.79. The zero-order chi connectivity index (χ0) is 26.1. The van der Waals surface area contributed by atoms with Crippen LogP contribution in [0, 0.1) is 11.8 Å². The van der Waals surface area contributed by atoms with Crippen LogP contribution in [0.5, 0.6) is 0 Å². The van der Waals surface area contributed by atoms with E-state index in [9.17, 15) is 14.4 Å². The molecular weight excluding hydrogens is 458 g/mol. The summed E-state index contributed by atoms with van der Waals surface area (Å²) in [5.41, 5.74) is 0.446. The van der Waals surface area contributed by atoms with Crippen LogP contribution in [-0.2, 0) is 11.3 Å². The van der Waals surface area contributed by atoms with E-state index in [1.807, 2.05) is 26.0 Å². The highest BCUT2D eigenvalue weighted by Crippen LogP contribution is 2.20. The molecule has 1 unspecified atom stereocenters. The van der Waals surface area contributed by atoms with E-state index in [0.29, 0.717) is 38.8 Å². The van der Waals surface area contributed by atoms with Gasteiger partial charge < -0.3 is 19.9 Å². The number of nitrogens with zero attached hydrogens (tertiary/aromatic N) is 3. The lowest BCUT2D eigenvalue weighted by Gasteiger charge is -2.34. The number of hydrogen-bond donors (Lipinski definition) is 2. The fraction of sp³-hybridized carbons (Fsp3) is 0.556. The van der Waals surface area contributed by atoms with Crippen LogP contribution >= 0.6 is 0 Å². The molecule has 1 fully saturated rings. The molecule has 3 heterocycles. The summed E-state index contributed by atoms with van der Waals surface area (Å²) in [6.45, 7) is 12.3. The third kappa shape index (κ3) is 7.73.